The van der Waals surface area contributed by atoms with E-state index in [4.69, 9.17) is 0 Å². The quantitative estimate of drug-likeness (QED) is 0.322. The van der Waals surface area contributed by atoms with Gasteiger partial charge in [0.15, 0.2) is 11.6 Å². The van der Waals surface area contributed by atoms with Crippen molar-refractivity contribution in [2.24, 2.45) is 9.50 Å². The van der Waals surface area contributed by atoms with E-state index < -0.39 is 16.3 Å². The number of anilines is 1. The number of fused-ring (bicyclic) bond motifs is 2. The topological polar surface area (TPSA) is 119 Å². The number of para-hydroxylation sites is 1. The number of aromatic hydroxyl groups is 1. The highest BCUT2D eigenvalue weighted by Gasteiger charge is 2.30. The third-order valence-electron chi connectivity index (χ3n) is 5.12. The van der Waals surface area contributed by atoms with Crippen LogP contribution in [0.3, 0.4) is 0 Å². The summed E-state index contributed by atoms with van der Waals surface area (Å²) in [5.41, 5.74) is 1.85. The lowest BCUT2D eigenvalue weighted by atomic mass is 10.1. The molecule has 0 bridgehead atoms. The van der Waals surface area contributed by atoms with Gasteiger partial charge in [-0.2, -0.15) is 9.78 Å². The monoisotopic (exact) mass is 466 g/mol. The molecule has 32 heavy (non-hydrogen) atoms. The Balaban J connectivity index is 1.71. The fourth-order valence-corrected chi connectivity index (χ4v) is 5.49. The van der Waals surface area contributed by atoms with Crippen LogP contribution in [0.5, 0.6) is 5.75 Å². The zero-order chi connectivity index (χ0) is 22.5. The molecule has 0 atom stereocenters. The van der Waals surface area contributed by atoms with E-state index in [0.29, 0.717) is 15.9 Å². The molecule has 0 fully saturated rings. The molecule has 5 rings (SSSR count). The van der Waals surface area contributed by atoms with Gasteiger partial charge in [0.05, 0.1) is 22.1 Å². The van der Waals surface area contributed by atoms with Crippen molar-refractivity contribution in [1.29, 1.82) is 0 Å². The number of hydrogen-bond acceptors (Lipinski definition) is 8. The third kappa shape index (κ3) is 3.30. The zero-order valence-corrected chi connectivity index (χ0v) is 18.4. The molecule has 0 aliphatic carbocycles. The molecular formula is C22H18N4O4S2. The number of nitrogens with zero attached hydrogens (tertiary/aromatic N) is 3. The highest BCUT2D eigenvalue weighted by molar-refractivity contribution is 8.23. The Morgan fingerprint density at radius 3 is 2.69 bits per heavy atom. The smallest absolute Gasteiger partial charge is 0.286 e. The fourth-order valence-electron chi connectivity index (χ4n) is 3.50. The second kappa shape index (κ2) is 7.61. The van der Waals surface area contributed by atoms with Crippen molar-refractivity contribution in [3.8, 4) is 5.75 Å². The van der Waals surface area contributed by atoms with Gasteiger partial charge < -0.3 is 10.4 Å². The molecule has 8 nitrogen and oxygen atoms in total. The van der Waals surface area contributed by atoms with E-state index in [-0.39, 0.29) is 22.0 Å². The largest absolute Gasteiger partial charge is 0.505 e. The molecule has 4 aromatic rings. The second-order valence-corrected chi connectivity index (χ2v) is 9.73. The molecule has 0 saturated carbocycles. The first-order valence-electron chi connectivity index (χ1n) is 9.56. The van der Waals surface area contributed by atoms with Gasteiger partial charge in [0, 0.05) is 0 Å². The molecule has 4 N–H and O–H groups in total. The maximum Gasteiger partial charge on any atom is 0.286 e. The highest BCUT2D eigenvalue weighted by atomic mass is 32.3. The van der Waals surface area contributed by atoms with Crippen molar-refractivity contribution < 1.29 is 14.2 Å². The lowest BCUT2D eigenvalue weighted by Crippen LogP contribution is -2.30. The summed E-state index contributed by atoms with van der Waals surface area (Å²) in [6, 6.07) is 15.9. The normalized spacial score (nSPS) is 15.9. The van der Waals surface area contributed by atoms with Crippen LogP contribution in [0, 0.1) is 6.92 Å². The van der Waals surface area contributed by atoms with Crippen LogP contribution in [-0.2, 0) is 0 Å². The van der Waals surface area contributed by atoms with Crippen molar-refractivity contribution in [3.05, 3.63) is 87.0 Å². The zero-order valence-electron chi connectivity index (χ0n) is 16.8. The summed E-state index contributed by atoms with van der Waals surface area (Å²) in [5.74, 6) is -0.412. The molecular weight excluding hydrogens is 448 g/mol. The molecule has 10 heteroatoms. The van der Waals surface area contributed by atoms with E-state index in [1.807, 2.05) is 31.2 Å². The third-order valence-corrected chi connectivity index (χ3v) is 7.42. The minimum Gasteiger partial charge on any atom is -0.505 e. The number of hydrogen-bond donors (Lipinski definition) is 4. The minimum atomic E-state index is -3.56. The van der Waals surface area contributed by atoms with Crippen molar-refractivity contribution in [1.82, 2.24) is 4.68 Å². The Bertz CT molecular complexity index is 1490. The maximum absolute atomic E-state index is 13.4. The van der Waals surface area contributed by atoms with Crippen LogP contribution in [0.15, 0.2) is 79.2 Å². The predicted octanol–water partition coefficient (Wildman–Crippen LogP) is 4.86. The molecule has 1 aliphatic heterocycles. The number of benzene rings is 2. The number of aryl methyl sites for hydroxylation is 1. The summed E-state index contributed by atoms with van der Waals surface area (Å²) in [6.07, 6.45) is 1.58. The number of rotatable bonds is 3. The molecule has 3 heterocycles. The Labute approximate surface area is 188 Å². The van der Waals surface area contributed by atoms with E-state index in [1.54, 1.807) is 41.9 Å². The molecule has 0 saturated heterocycles. The van der Waals surface area contributed by atoms with Gasteiger partial charge in [0.2, 0.25) is 0 Å². The standard InChI is InChI=1S/C22H18N4O4S2/c1-13-6-2-3-7-14(13)12-23-26-16-10-11-31-20(16)19(27)18(22(26)28)21-24-15-8-4-5-9-17(15)32(29,30)25-21/h2-12,27,29-30H,1H3,(H,24,25). The van der Waals surface area contributed by atoms with E-state index >= 15 is 0 Å². The summed E-state index contributed by atoms with van der Waals surface area (Å²) in [5, 5.41) is 20.0. The van der Waals surface area contributed by atoms with Gasteiger partial charge in [-0.1, -0.05) is 47.2 Å². The first-order chi connectivity index (χ1) is 15.4. The number of aromatic nitrogens is 1. The number of amidine groups is 1. The number of nitrogens with one attached hydrogen (secondary N) is 1. The van der Waals surface area contributed by atoms with Gasteiger partial charge in [-0.15, -0.1) is 15.7 Å². The lowest BCUT2D eigenvalue weighted by molar-refractivity contribution is 0.479. The van der Waals surface area contributed by atoms with Gasteiger partial charge in [0.25, 0.3) is 5.56 Å². The second-order valence-electron chi connectivity index (χ2n) is 7.16. The van der Waals surface area contributed by atoms with E-state index in [2.05, 4.69) is 14.8 Å². The Kier molecular flexibility index (Phi) is 4.86. The molecule has 2 aromatic carbocycles. The summed E-state index contributed by atoms with van der Waals surface area (Å²) in [6.45, 7) is 1.94. The highest BCUT2D eigenvalue weighted by Crippen LogP contribution is 2.55. The maximum atomic E-state index is 13.4. The Hall–Kier alpha value is -3.44. The van der Waals surface area contributed by atoms with Crippen LogP contribution >= 0.6 is 22.1 Å². The minimum absolute atomic E-state index is 0.124. The van der Waals surface area contributed by atoms with Gasteiger partial charge >= 0.3 is 0 Å². The van der Waals surface area contributed by atoms with Crippen LogP contribution < -0.4 is 10.9 Å². The molecule has 1 aliphatic rings. The van der Waals surface area contributed by atoms with Crippen molar-refractivity contribution in [2.45, 2.75) is 11.8 Å². The van der Waals surface area contributed by atoms with Gasteiger partial charge in [0.1, 0.15) is 10.5 Å². The van der Waals surface area contributed by atoms with Crippen LogP contribution in [0.1, 0.15) is 16.7 Å². The molecule has 0 radical (unpaired) electrons. The number of pyridine rings is 1. The van der Waals surface area contributed by atoms with Crippen LogP contribution in [0.4, 0.5) is 5.69 Å². The van der Waals surface area contributed by atoms with Gasteiger partial charge in [-0.25, -0.2) is 0 Å². The molecule has 0 amide bonds. The summed E-state index contributed by atoms with van der Waals surface area (Å²) >= 11 is 1.24. The SMILES string of the molecule is Cc1ccccc1C=Nn1c(=O)c(C2=NS(O)(O)c3ccccc3N2)c(O)c2sccc21. The van der Waals surface area contributed by atoms with Crippen molar-refractivity contribution in [2.75, 3.05) is 5.32 Å². The van der Waals surface area contributed by atoms with E-state index in [9.17, 15) is 19.0 Å². The Morgan fingerprint density at radius 2 is 1.88 bits per heavy atom. The molecule has 0 spiro atoms. The summed E-state index contributed by atoms with van der Waals surface area (Å²) < 4.78 is 26.7. The average molecular weight is 467 g/mol. The van der Waals surface area contributed by atoms with Crippen molar-refractivity contribution >= 4 is 50.1 Å². The summed E-state index contributed by atoms with van der Waals surface area (Å²) in [4.78, 5) is 13.7. The van der Waals surface area contributed by atoms with E-state index in [1.165, 1.54) is 16.0 Å². The van der Waals surface area contributed by atoms with Gasteiger partial charge in [-0.05, 0) is 41.6 Å². The van der Waals surface area contributed by atoms with Crippen LogP contribution in [-0.4, -0.2) is 30.9 Å². The van der Waals surface area contributed by atoms with Crippen LogP contribution in [0.25, 0.3) is 10.2 Å². The molecule has 162 valence electrons. The number of thiophene rings is 1. The summed E-state index contributed by atoms with van der Waals surface area (Å²) in [7, 11) is -3.56. The molecule has 0 unspecified atom stereocenters. The molecule has 2 aromatic heterocycles. The predicted molar refractivity (Wildman–Crippen MR) is 130 cm³/mol. The Morgan fingerprint density at radius 1 is 1.12 bits per heavy atom. The first-order valence-corrected chi connectivity index (χ1v) is 11.9. The first kappa shape index (κ1) is 20.5. The van der Waals surface area contributed by atoms with Gasteiger partial charge in [-0.3, -0.25) is 13.9 Å². The van der Waals surface area contributed by atoms with Crippen LogP contribution in [0.2, 0.25) is 0 Å². The van der Waals surface area contributed by atoms with E-state index in [0.717, 1.165) is 11.1 Å². The lowest BCUT2D eigenvalue weighted by Gasteiger charge is -2.34. The average Bonchev–Trinajstić information content (AvgIpc) is 3.25. The fraction of sp³-hybridized carbons (Fsp3) is 0.0455. The van der Waals surface area contributed by atoms with Crippen molar-refractivity contribution in [3.63, 3.8) is 0 Å².